The quantitative estimate of drug-likeness (QED) is 0.754. The molecular weight excluding hydrogens is 350 g/mol. The van der Waals surface area contributed by atoms with Crippen molar-refractivity contribution in [3.8, 4) is 0 Å². The lowest BCUT2D eigenvalue weighted by Crippen LogP contribution is -2.31. The third kappa shape index (κ3) is 5.43. The molecule has 0 aromatic heterocycles. The van der Waals surface area contributed by atoms with Crippen LogP contribution < -0.4 is 15.4 Å². The van der Waals surface area contributed by atoms with Crippen LogP contribution in [0.25, 0.3) is 0 Å². The molecule has 128 valence electrons. The molecule has 0 saturated carbocycles. The van der Waals surface area contributed by atoms with E-state index in [2.05, 4.69) is 15.4 Å². The minimum absolute atomic E-state index is 0.400. The summed E-state index contributed by atoms with van der Waals surface area (Å²) in [6.07, 6.45) is 1.08. The fourth-order valence-corrected chi connectivity index (χ4v) is 2.85. The number of nitrogens with one attached hydrogen (secondary N) is 3. The van der Waals surface area contributed by atoms with E-state index in [4.69, 9.17) is 11.6 Å². The number of carbonyl (C=O) groups excluding carboxylic acids is 1. The smallest absolute Gasteiger partial charge is 0.319 e. The number of urea groups is 1. The third-order valence-electron chi connectivity index (χ3n) is 3.17. The van der Waals surface area contributed by atoms with Gasteiger partial charge in [-0.3, -0.25) is 4.72 Å². The number of anilines is 2. The standard InChI is InChI=1S/C16H18ClN3O3S/c1-11(14-5-3-4-6-15(14)20-24(2,22)23)18-16(21)19-13-9-7-12(17)8-10-13/h3-11,20H,1-2H3,(H2,18,19,21)/t11-/m0/s1. The van der Waals surface area contributed by atoms with Crippen molar-refractivity contribution < 1.29 is 13.2 Å². The van der Waals surface area contributed by atoms with E-state index >= 15 is 0 Å². The molecule has 0 bridgehead atoms. The van der Waals surface area contributed by atoms with Crippen molar-refractivity contribution in [2.45, 2.75) is 13.0 Å². The van der Waals surface area contributed by atoms with Crippen molar-refractivity contribution in [3.63, 3.8) is 0 Å². The minimum atomic E-state index is -3.41. The van der Waals surface area contributed by atoms with E-state index < -0.39 is 22.1 Å². The zero-order valence-electron chi connectivity index (χ0n) is 13.2. The van der Waals surface area contributed by atoms with Gasteiger partial charge in [0.15, 0.2) is 0 Å². The second-order valence-electron chi connectivity index (χ2n) is 5.29. The van der Waals surface area contributed by atoms with Crippen molar-refractivity contribution in [2.24, 2.45) is 0 Å². The Morgan fingerprint density at radius 3 is 2.33 bits per heavy atom. The highest BCUT2D eigenvalue weighted by atomic mass is 35.5. The van der Waals surface area contributed by atoms with Crippen LogP contribution in [0.2, 0.25) is 5.02 Å². The number of para-hydroxylation sites is 1. The van der Waals surface area contributed by atoms with Gasteiger partial charge in [0, 0.05) is 10.7 Å². The van der Waals surface area contributed by atoms with E-state index in [1.54, 1.807) is 55.5 Å². The van der Waals surface area contributed by atoms with Crippen LogP contribution in [0.1, 0.15) is 18.5 Å². The van der Waals surface area contributed by atoms with Gasteiger partial charge in [-0.2, -0.15) is 0 Å². The minimum Gasteiger partial charge on any atom is -0.331 e. The molecule has 2 amide bonds. The first-order valence-electron chi connectivity index (χ1n) is 7.14. The van der Waals surface area contributed by atoms with Crippen molar-refractivity contribution in [3.05, 3.63) is 59.1 Å². The highest BCUT2D eigenvalue weighted by Crippen LogP contribution is 2.23. The van der Waals surface area contributed by atoms with Crippen LogP contribution in [0.5, 0.6) is 0 Å². The SMILES string of the molecule is C[C@H](NC(=O)Nc1ccc(Cl)cc1)c1ccccc1NS(C)(=O)=O. The lowest BCUT2D eigenvalue weighted by molar-refractivity contribution is 0.249. The molecule has 0 radical (unpaired) electrons. The fraction of sp³-hybridized carbons (Fsp3) is 0.188. The van der Waals surface area contributed by atoms with Gasteiger partial charge >= 0.3 is 6.03 Å². The zero-order chi connectivity index (χ0) is 17.7. The van der Waals surface area contributed by atoms with Gasteiger partial charge in [-0.05, 0) is 42.8 Å². The Kier molecular flexibility index (Phi) is 5.69. The number of hydrogen-bond acceptors (Lipinski definition) is 3. The van der Waals surface area contributed by atoms with Crippen LogP contribution in [0.3, 0.4) is 0 Å². The van der Waals surface area contributed by atoms with E-state index in [9.17, 15) is 13.2 Å². The van der Waals surface area contributed by atoms with Crippen molar-refractivity contribution >= 4 is 39.0 Å². The van der Waals surface area contributed by atoms with Gasteiger partial charge in [-0.15, -0.1) is 0 Å². The fourth-order valence-electron chi connectivity index (χ4n) is 2.14. The first-order valence-corrected chi connectivity index (χ1v) is 9.41. The first-order chi connectivity index (χ1) is 11.2. The summed E-state index contributed by atoms with van der Waals surface area (Å²) in [4.78, 5) is 12.1. The normalized spacial score (nSPS) is 12.3. The molecule has 24 heavy (non-hydrogen) atoms. The Labute approximate surface area is 146 Å². The van der Waals surface area contributed by atoms with Gasteiger partial charge in [0.2, 0.25) is 10.0 Å². The molecule has 0 aliphatic carbocycles. The Balaban J connectivity index is 2.08. The molecule has 2 aromatic rings. The van der Waals surface area contributed by atoms with Crippen molar-refractivity contribution in [1.29, 1.82) is 0 Å². The first kappa shape index (κ1) is 18.1. The molecule has 0 aliphatic heterocycles. The largest absolute Gasteiger partial charge is 0.331 e. The maximum Gasteiger partial charge on any atom is 0.319 e. The molecule has 3 N–H and O–H groups in total. The molecule has 0 saturated heterocycles. The van der Waals surface area contributed by atoms with Crippen LogP contribution in [0, 0.1) is 0 Å². The topological polar surface area (TPSA) is 87.3 Å². The van der Waals surface area contributed by atoms with E-state index in [1.165, 1.54) is 0 Å². The molecule has 1 atom stereocenters. The van der Waals surface area contributed by atoms with Crippen molar-refractivity contribution in [2.75, 3.05) is 16.3 Å². The van der Waals surface area contributed by atoms with Crippen LogP contribution in [0.15, 0.2) is 48.5 Å². The molecule has 0 heterocycles. The third-order valence-corrected chi connectivity index (χ3v) is 4.02. The Morgan fingerprint density at radius 2 is 1.71 bits per heavy atom. The number of rotatable bonds is 5. The number of carbonyl (C=O) groups is 1. The van der Waals surface area contributed by atoms with Crippen LogP contribution in [-0.2, 0) is 10.0 Å². The molecule has 8 heteroatoms. The Bertz CT molecular complexity index is 823. The van der Waals surface area contributed by atoms with E-state index in [0.29, 0.717) is 22.0 Å². The van der Waals surface area contributed by atoms with Crippen LogP contribution in [-0.4, -0.2) is 20.7 Å². The summed E-state index contributed by atoms with van der Waals surface area (Å²) in [5.41, 5.74) is 1.69. The Morgan fingerprint density at radius 1 is 1.08 bits per heavy atom. The maximum absolute atomic E-state index is 12.1. The predicted molar refractivity (Wildman–Crippen MR) is 96.9 cm³/mol. The molecule has 0 spiro atoms. The molecule has 6 nitrogen and oxygen atoms in total. The average molecular weight is 368 g/mol. The second kappa shape index (κ2) is 7.55. The Hall–Kier alpha value is -2.25. The van der Waals surface area contributed by atoms with Gasteiger partial charge in [-0.1, -0.05) is 29.8 Å². The molecular formula is C16H18ClN3O3S. The highest BCUT2D eigenvalue weighted by Gasteiger charge is 2.15. The molecule has 0 aliphatic rings. The summed E-state index contributed by atoms with van der Waals surface area (Å²) >= 11 is 5.80. The summed E-state index contributed by atoms with van der Waals surface area (Å²) in [6, 6.07) is 12.8. The number of sulfonamides is 1. The average Bonchev–Trinajstić information content (AvgIpc) is 2.48. The lowest BCUT2D eigenvalue weighted by Gasteiger charge is -2.18. The molecule has 2 aromatic carbocycles. The molecule has 0 unspecified atom stereocenters. The second-order valence-corrected chi connectivity index (χ2v) is 7.47. The number of hydrogen-bond donors (Lipinski definition) is 3. The zero-order valence-corrected chi connectivity index (χ0v) is 14.8. The van der Waals surface area contributed by atoms with E-state index in [0.717, 1.165) is 6.26 Å². The summed E-state index contributed by atoms with van der Waals surface area (Å²) in [7, 11) is -3.41. The molecule has 2 rings (SSSR count). The van der Waals surface area contributed by atoms with E-state index in [1.807, 2.05) is 0 Å². The maximum atomic E-state index is 12.1. The molecule has 0 fully saturated rings. The highest BCUT2D eigenvalue weighted by molar-refractivity contribution is 7.92. The summed E-state index contributed by atoms with van der Waals surface area (Å²) in [6.45, 7) is 1.77. The van der Waals surface area contributed by atoms with Crippen molar-refractivity contribution in [1.82, 2.24) is 5.32 Å². The number of amides is 2. The monoisotopic (exact) mass is 367 g/mol. The van der Waals surface area contributed by atoms with Gasteiger partial charge in [0.05, 0.1) is 18.0 Å². The van der Waals surface area contributed by atoms with Crippen LogP contribution in [0.4, 0.5) is 16.2 Å². The van der Waals surface area contributed by atoms with Gasteiger partial charge < -0.3 is 10.6 Å². The van der Waals surface area contributed by atoms with E-state index in [-0.39, 0.29) is 0 Å². The summed E-state index contributed by atoms with van der Waals surface area (Å²) in [5, 5.41) is 6.04. The predicted octanol–water partition coefficient (Wildman–Crippen LogP) is 3.59. The number of halogens is 1. The van der Waals surface area contributed by atoms with Gasteiger partial charge in [0.1, 0.15) is 0 Å². The van der Waals surface area contributed by atoms with Crippen LogP contribution >= 0.6 is 11.6 Å². The van der Waals surface area contributed by atoms with Gasteiger partial charge in [-0.25, -0.2) is 13.2 Å². The number of benzene rings is 2. The van der Waals surface area contributed by atoms with Gasteiger partial charge in [0.25, 0.3) is 0 Å². The summed E-state index contributed by atoms with van der Waals surface area (Å²) in [5.74, 6) is 0. The lowest BCUT2D eigenvalue weighted by atomic mass is 10.1. The summed E-state index contributed by atoms with van der Waals surface area (Å²) < 4.78 is 25.3.